The van der Waals surface area contributed by atoms with E-state index in [0.29, 0.717) is 35.4 Å². The maximum atomic E-state index is 12.6. The number of piperidine rings is 1. The van der Waals surface area contributed by atoms with E-state index in [2.05, 4.69) is 21.7 Å². The number of fused-ring (bicyclic) bond motifs is 1. The second-order valence-corrected chi connectivity index (χ2v) is 8.74. The van der Waals surface area contributed by atoms with Crippen molar-refractivity contribution < 1.29 is 9.59 Å². The molecule has 3 aromatic rings. The molecule has 31 heavy (non-hydrogen) atoms. The zero-order valence-electron chi connectivity index (χ0n) is 17.2. The Morgan fingerprint density at radius 3 is 2.68 bits per heavy atom. The predicted molar refractivity (Wildman–Crippen MR) is 127 cm³/mol. The largest absolute Gasteiger partial charge is 0.338 e. The molecule has 0 atom stereocenters. The van der Waals surface area contributed by atoms with E-state index in [1.54, 1.807) is 12.1 Å². The Morgan fingerprint density at radius 2 is 1.97 bits per heavy atom. The monoisotopic (exact) mass is 454 g/mol. The van der Waals surface area contributed by atoms with Crippen LogP contribution in [-0.2, 0) is 0 Å². The summed E-state index contributed by atoms with van der Waals surface area (Å²) in [5.41, 5.74) is 3.47. The molecule has 1 fully saturated rings. The SMILES string of the molecule is CCNC(=O)N1CCC(=Cc2ccc(C(=O)Nc3nc4ccccc4s3)cc2Cl)CC1. The van der Waals surface area contributed by atoms with Crippen molar-refractivity contribution in [1.82, 2.24) is 15.2 Å². The van der Waals surface area contributed by atoms with Crippen LogP contribution in [0.5, 0.6) is 0 Å². The maximum Gasteiger partial charge on any atom is 0.317 e. The Kier molecular flexibility index (Phi) is 6.53. The number of carbonyl (C=O) groups is 2. The number of aromatic nitrogens is 1. The number of carbonyl (C=O) groups excluding carboxylic acids is 2. The highest BCUT2D eigenvalue weighted by Gasteiger charge is 2.18. The summed E-state index contributed by atoms with van der Waals surface area (Å²) >= 11 is 7.91. The van der Waals surface area contributed by atoms with Gasteiger partial charge < -0.3 is 10.2 Å². The molecule has 2 heterocycles. The molecule has 1 aliphatic heterocycles. The van der Waals surface area contributed by atoms with Gasteiger partial charge in [0.25, 0.3) is 5.91 Å². The molecule has 8 heteroatoms. The number of hydrogen-bond donors (Lipinski definition) is 2. The quantitative estimate of drug-likeness (QED) is 0.553. The number of hydrogen-bond acceptors (Lipinski definition) is 4. The summed E-state index contributed by atoms with van der Waals surface area (Å²) in [4.78, 5) is 30.8. The van der Waals surface area contributed by atoms with Crippen molar-refractivity contribution in [2.75, 3.05) is 25.0 Å². The van der Waals surface area contributed by atoms with E-state index in [1.165, 1.54) is 16.9 Å². The number of likely N-dealkylation sites (tertiary alicyclic amines) is 1. The molecule has 160 valence electrons. The molecule has 1 saturated heterocycles. The summed E-state index contributed by atoms with van der Waals surface area (Å²) < 4.78 is 1.02. The number of thiazole rings is 1. The number of benzene rings is 2. The fourth-order valence-electron chi connectivity index (χ4n) is 3.50. The Balaban J connectivity index is 1.41. The molecule has 0 unspecified atom stereocenters. The highest BCUT2D eigenvalue weighted by molar-refractivity contribution is 7.22. The van der Waals surface area contributed by atoms with Crippen LogP contribution in [-0.4, -0.2) is 41.5 Å². The molecular weight excluding hydrogens is 432 g/mol. The lowest BCUT2D eigenvalue weighted by Gasteiger charge is -2.28. The van der Waals surface area contributed by atoms with E-state index >= 15 is 0 Å². The third kappa shape index (κ3) is 5.06. The zero-order valence-corrected chi connectivity index (χ0v) is 18.7. The van der Waals surface area contributed by atoms with Crippen molar-refractivity contribution in [3.63, 3.8) is 0 Å². The summed E-state index contributed by atoms with van der Waals surface area (Å²) in [5, 5.41) is 6.77. The number of amides is 3. The first-order valence-electron chi connectivity index (χ1n) is 10.2. The first-order chi connectivity index (χ1) is 15.0. The minimum atomic E-state index is -0.240. The van der Waals surface area contributed by atoms with Crippen molar-refractivity contribution in [3.05, 3.63) is 64.2 Å². The summed E-state index contributed by atoms with van der Waals surface area (Å²) in [6.07, 6.45) is 3.69. The number of halogens is 1. The number of anilines is 1. The molecule has 4 rings (SSSR count). The van der Waals surface area contributed by atoms with Crippen molar-refractivity contribution in [1.29, 1.82) is 0 Å². The van der Waals surface area contributed by atoms with Crippen LogP contribution in [0, 0.1) is 0 Å². The Morgan fingerprint density at radius 1 is 1.19 bits per heavy atom. The van der Waals surface area contributed by atoms with Crippen molar-refractivity contribution in [3.8, 4) is 0 Å². The predicted octanol–water partition coefficient (Wildman–Crippen LogP) is 5.41. The first kappa shape index (κ1) is 21.3. The average molecular weight is 455 g/mol. The van der Waals surface area contributed by atoms with E-state index in [0.717, 1.165) is 28.6 Å². The summed E-state index contributed by atoms with van der Waals surface area (Å²) in [6, 6.07) is 13.1. The number of nitrogens with zero attached hydrogens (tertiary/aromatic N) is 2. The van der Waals surface area contributed by atoms with Gasteiger partial charge in [-0.2, -0.15) is 0 Å². The smallest absolute Gasteiger partial charge is 0.317 e. The van der Waals surface area contributed by atoms with Gasteiger partial charge in [-0.15, -0.1) is 0 Å². The molecule has 0 saturated carbocycles. The lowest BCUT2D eigenvalue weighted by Crippen LogP contribution is -2.43. The standard InChI is InChI=1S/C23H23ClN4O2S/c1-2-25-23(30)28-11-9-15(10-12-28)13-16-7-8-17(14-18(16)24)21(29)27-22-26-19-5-3-4-6-20(19)31-22/h3-8,13-14H,2,9-12H2,1H3,(H,25,30)(H,26,27,29). The third-order valence-electron chi connectivity index (χ3n) is 5.16. The minimum absolute atomic E-state index is 0.0110. The van der Waals surface area contributed by atoms with E-state index in [4.69, 9.17) is 11.6 Å². The molecule has 1 aromatic heterocycles. The Hall–Kier alpha value is -2.90. The zero-order chi connectivity index (χ0) is 21.8. The van der Waals surface area contributed by atoms with Crippen LogP contribution in [0.25, 0.3) is 16.3 Å². The van der Waals surface area contributed by atoms with E-state index < -0.39 is 0 Å². The number of nitrogens with one attached hydrogen (secondary N) is 2. The molecule has 0 radical (unpaired) electrons. The molecular formula is C23H23ClN4O2S. The van der Waals surface area contributed by atoms with Crippen molar-refractivity contribution >= 4 is 56.3 Å². The lowest BCUT2D eigenvalue weighted by atomic mass is 10.0. The molecule has 0 spiro atoms. The van der Waals surface area contributed by atoms with Crippen LogP contribution in [0.3, 0.4) is 0 Å². The highest BCUT2D eigenvalue weighted by atomic mass is 35.5. The number of rotatable bonds is 4. The first-order valence-corrected chi connectivity index (χ1v) is 11.4. The van der Waals surface area contributed by atoms with Gasteiger partial charge in [-0.05, 0) is 49.6 Å². The van der Waals surface area contributed by atoms with Gasteiger partial charge in [0.1, 0.15) is 0 Å². The van der Waals surface area contributed by atoms with Gasteiger partial charge in [0, 0.05) is 30.2 Å². The highest BCUT2D eigenvalue weighted by Crippen LogP contribution is 2.27. The Labute approximate surface area is 189 Å². The Bertz CT molecular complexity index is 1110. The maximum absolute atomic E-state index is 12.6. The van der Waals surface area contributed by atoms with Gasteiger partial charge in [-0.3, -0.25) is 10.1 Å². The fraction of sp³-hybridized carbons (Fsp3) is 0.261. The van der Waals surface area contributed by atoms with Crippen LogP contribution in [0.2, 0.25) is 5.02 Å². The lowest BCUT2D eigenvalue weighted by molar-refractivity contribution is 0.102. The second kappa shape index (κ2) is 9.49. The second-order valence-electron chi connectivity index (χ2n) is 7.30. The molecule has 0 aliphatic carbocycles. The molecule has 3 amide bonds. The summed E-state index contributed by atoms with van der Waals surface area (Å²) in [7, 11) is 0. The number of para-hydroxylation sites is 1. The minimum Gasteiger partial charge on any atom is -0.338 e. The molecule has 1 aliphatic rings. The van der Waals surface area contributed by atoms with Gasteiger partial charge in [0.05, 0.1) is 10.2 Å². The van der Waals surface area contributed by atoms with Crippen LogP contribution in [0.15, 0.2) is 48.0 Å². The van der Waals surface area contributed by atoms with E-state index in [9.17, 15) is 9.59 Å². The van der Waals surface area contributed by atoms with Crippen molar-refractivity contribution in [2.45, 2.75) is 19.8 Å². The van der Waals surface area contributed by atoms with Gasteiger partial charge in [0.2, 0.25) is 0 Å². The van der Waals surface area contributed by atoms with E-state index in [-0.39, 0.29) is 11.9 Å². The normalized spacial score (nSPS) is 13.9. The molecule has 2 N–H and O–H groups in total. The van der Waals surface area contributed by atoms with Crippen LogP contribution in [0.4, 0.5) is 9.93 Å². The molecule has 2 aromatic carbocycles. The van der Waals surface area contributed by atoms with Gasteiger partial charge >= 0.3 is 6.03 Å². The van der Waals surface area contributed by atoms with E-state index in [1.807, 2.05) is 42.2 Å². The number of urea groups is 1. The van der Waals surface area contributed by atoms with Crippen LogP contribution in [0.1, 0.15) is 35.7 Å². The fourth-order valence-corrected chi connectivity index (χ4v) is 4.60. The van der Waals surface area contributed by atoms with Crippen molar-refractivity contribution in [2.24, 2.45) is 0 Å². The molecule has 0 bridgehead atoms. The van der Waals surface area contributed by atoms with Crippen LogP contribution < -0.4 is 10.6 Å². The third-order valence-corrected chi connectivity index (χ3v) is 6.44. The van der Waals surface area contributed by atoms with Gasteiger partial charge in [-0.1, -0.05) is 52.8 Å². The average Bonchev–Trinajstić information content (AvgIpc) is 3.18. The summed E-state index contributed by atoms with van der Waals surface area (Å²) in [6.45, 7) is 3.93. The van der Waals surface area contributed by atoms with Gasteiger partial charge in [0.15, 0.2) is 5.13 Å². The topological polar surface area (TPSA) is 74.3 Å². The summed E-state index contributed by atoms with van der Waals surface area (Å²) in [5.74, 6) is -0.240. The van der Waals surface area contributed by atoms with Crippen LogP contribution >= 0.6 is 22.9 Å². The van der Waals surface area contributed by atoms with Gasteiger partial charge in [-0.25, -0.2) is 9.78 Å². The molecule has 6 nitrogen and oxygen atoms in total.